The number of nitrogens with zero attached hydrogens (tertiary/aromatic N) is 8. The number of sulfonamides is 2. The van der Waals surface area contributed by atoms with Gasteiger partial charge < -0.3 is 60.0 Å². The van der Waals surface area contributed by atoms with Crippen LogP contribution in [0.2, 0.25) is 0 Å². The SMILES string of the molecule is CN(CC(=O)[O-])c1nc(Nc2ccc(S(N)(=O)=O)cc2)nc(Nc2ccc(/C=C/c3ccc(Nc4nc(Nc5ccc(S(N)(=O)=O)cc5)nc(N(C)CC(=O)[O-])n4)cc3S(=O)(=O)[O-])c(S(=O)(=O)[O-])c2)n1.[Na+].[Na+].[Na+].[Na+]. The summed E-state index contributed by atoms with van der Waals surface area (Å²) < 4.78 is 122. The number of rotatable bonds is 20. The second-order valence-electron chi connectivity index (χ2n) is 14.4. The van der Waals surface area contributed by atoms with Gasteiger partial charge in [-0.15, -0.1) is 0 Å². The first-order valence-corrected chi connectivity index (χ1v) is 25.1. The summed E-state index contributed by atoms with van der Waals surface area (Å²) in [5, 5.41) is 44.0. The Bertz CT molecular complexity index is 3290. The second-order valence-corrected chi connectivity index (χ2v) is 20.2. The molecule has 28 nitrogen and oxygen atoms in total. The van der Waals surface area contributed by atoms with Gasteiger partial charge in [-0.25, -0.2) is 43.9 Å². The maximum atomic E-state index is 12.6. The minimum absolute atomic E-state index is 0. The largest absolute Gasteiger partial charge is 1.00 e. The fourth-order valence-electron chi connectivity index (χ4n) is 5.91. The average Bonchev–Trinajstić information content (AvgIpc) is 3.24. The van der Waals surface area contributed by atoms with Crippen molar-refractivity contribution < 1.29 is 181 Å². The van der Waals surface area contributed by atoms with Crippen LogP contribution in [0.1, 0.15) is 11.1 Å². The summed E-state index contributed by atoms with van der Waals surface area (Å²) in [5.41, 5.74) is -0.237. The van der Waals surface area contributed by atoms with Gasteiger partial charge in [0.25, 0.3) is 0 Å². The summed E-state index contributed by atoms with van der Waals surface area (Å²) >= 11 is 0. The van der Waals surface area contributed by atoms with Crippen LogP contribution < -0.4 is 170 Å². The predicted octanol–water partition coefficient (Wildman–Crippen LogP) is -13.3. The number of carbonyl (C=O) groups is 2. The third-order valence-electron chi connectivity index (χ3n) is 9.06. The number of hydrogen-bond donors (Lipinski definition) is 6. The smallest absolute Gasteiger partial charge is 0.744 e. The van der Waals surface area contributed by atoms with Crippen LogP contribution in [0.5, 0.6) is 0 Å². The topological polar surface area (TPSA) is 447 Å². The number of nitrogens with one attached hydrogen (secondary N) is 4. The maximum Gasteiger partial charge on any atom is 1.00 e. The molecule has 0 unspecified atom stereocenters. The standard InChI is InChI=1S/C38H38N14O14S4.4Na/c1-51(19-31(53)54)37-47-33(41-23-9-13-27(14-10-23)67(39,57)58)45-35(49-37)43-25-7-5-21(29(17-25)69(61,62)63)3-4-22-6-8-26(18-30(22)70(64,65)66)44-36-46-34(48-38(50-36)52(2)20-32(55)56)42-24-11-15-28(16-12-24)68(40,59)60;;;;/h3-18H,19-20H2,1-2H3,(H,53,54)(H,55,56)(H2,39,57,58)(H2,40,59,60)(H,61,62,63)(H,64,65,66)(H2,41,43,45,47,49)(H2,42,44,46,48,50);;;;/q;4*+1/p-4/b4-3+;;;;. The van der Waals surface area contributed by atoms with Gasteiger partial charge in [0.05, 0.1) is 44.6 Å². The van der Waals surface area contributed by atoms with Crippen molar-refractivity contribution in [2.75, 3.05) is 58.3 Å². The van der Waals surface area contributed by atoms with E-state index in [-0.39, 0.29) is 198 Å². The van der Waals surface area contributed by atoms with E-state index in [1.807, 2.05) is 0 Å². The van der Waals surface area contributed by atoms with E-state index in [0.29, 0.717) is 0 Å². The molecular weight excluding hydrogens is 1100 g/mol. The molecule has 0 amide bonds. The molecule has 0 atom stereocenters. The number of aliphatic carboxylic acids is 2. The van der Waals surface area contributed by atoms with Gasteiger partial charge in [-0.3, -0.25) is 0 Å². The zero-order valence-electron chi connectivity index (χ0n) is 39.7. The van der Waals surface area contributed by atoms with Crippen molar-refractivity contribution in [3.8, 4) is 0 Å². The van der Waals surface area contributed by atoms with Crippen molar-refractivity contribution >= 4 is 123 Å². The van der Waals surface area contributed by atoms with Crippen molar-refractivity contribution in [3.63, 3.8) is 0 Å². The van der Waals surface area contributed by atoms with Gasteiger partial charge in [0.1, 0.15) is 20.2 Å². The molecule has 0 bridgehead atoms. The van der Waals surface area contributed by atoms with Crippen LogP contribution in [0.4, 0.5) is 58.4 Å². The number of aromatic nitrogens is 6. The van der Waals surface area contributed by atoms with Gasteiger partial charge in [-0.05, 0) is 83.9 Å². The van der Waals surface area contributed by atoms with Crippen molar-refractivity contribution in [1.29, 1.82) is 0 Å². The van der Waals surface area contributed by atoms with E-state index in [2.05, 4.69) is 51.2 Å². The molecule has 368 valence electrons. The third-order valence-corrected chi connectivity index (χ3v) is 12.7. The minimum Gasteiger partial charge on any atom is -0.744 e. The van der Waals surface area contributed by atoms with Crippen LogP contribution in [-0.4, -0.2) is 112 Å². The summed E-state index contributed by atoms with van der Waals surface area (Å²) in [4.78, 5) is 47.8. The predicted molar refractivity (Wildman–Crippen MR) is 243 cm³/mol. The van der Waals surface area contributed by atoms with Crippen molar-refractivity contribution in [1.82, 2.24) is 29.9 Å². The Morgan fingerprint density at radius 1 is 0.486 bits per heavy atom. The molecule has 0 saturated carbocycles. The van der Waals surface area contributed by atoms with Gasteiger partial charge >= 0.3 is 118 Å². The average molecular weight is 1130 g/mol. The van der Waals surface area contributed by atoms with Gasteiger partial charge in [0.2, 0.25) is 55.7 Å². The Labute approximate surface area is 511 Å². The summed E-state index contributed by atoms with van der Waals surface area (Å²) in [7, 11) is -16.0. The molecular formula is C38H34N14Na4O14S4. The fourth-order valence-corrected chi connectivity index (χ4v) is 8.33. The van der Waals surface area contributed by atoms with Crippen LogP contribution in [0, 0.1) is 0 Å². The molecule has 0 aliphatic carbocycles. The number of carbonyl (C=O) groups excluding carboxylic acids is 2. The van der Waals surface area contributed by atoms with E-state index in [1.54, 1.807) is 0 Å². The van der Waals surface area contributed by atoms with Gasteiger partial charge in [0.15, 0.2) is 0 Å². The Morgan fingerprint density at radius 2 is 0.757 bits per heavy atom. The number of nitrogens with two attached hydrogens (primary N) is 2. The molecule has 2 aromatic heterocycles. The number of likely N-dealkylation sites (N-methyl/N-ethyl adjacent to an activating group) is 2. The molecule has 0 fully saturated rings. The van der Waals surface area contributed by atoms with Crippen LogP contribution in [0.3, 0.4) is 0 Å². The molecule has 4 aromatic carbocycles. The van der Waals surface area contributed by atoms with Crippen molar-refractivity contribution in [3.05, 3.63) is 96.1 Å². The van der Waals surface area contributed by atoms with Crippen molar-refractivity contribution in [2.45, 2.75) is 19.6 Å². The zero-order chi connectivity index (χ0) is 51.3. The minimum atomic E-state index is -5.30. The second kappa shape index (κ2) is 27.4. The van der Waals surface area contributed by atoms with Crippen molar-refractivity contribution in [2.24, 2.45) is 10.3 Å². The molecule has 8 N–H and O–H groups in total. The third kappa shape index (κ3) is 18.9. The normalized spacial score (nSPS) is 11.4. The number of carboxylic acid groups (broad SMARTS) is 2. The summed E-state index contributed by atoms with van der Waals surface area (Å²) in [6.07, 6.45) is 2.09. The molecule has 74 heavy (non-hydrogen) atoms. The van der Waals surface area contributed by atoms with Crippen LogP contribution in [-0.2, 0) is 49.9 Å². The summed E-state index contributed by atoms with van der Waals surface area (Å²) in [6.45, 7) is -1.37. The maximum absolute atomic E-state index is 12.6. The molecule has 2 heterocycles. The summed E-state index contributed by atoms with van der Waals surface area (Å²) in [6, 6.07) is 16.7. The molecule has 0 radical (unpaired) electrons. The molecule has 0 aliphatic heterocycles. The van der Waals surface area contributed by atoms with Crippen LogP contribution in [0.25, 0.3) is 12.2 Å². The quantitative estimate of drug-likeness (QED) is 0.0235. The number of carboxylic acids is 2. The Morgan fingerprint density at radius 3 is 1.01 bits per heavy atom. The Balaban J connectivity index is 0.00000469. The molecule has 6 aromatic rings. The number of hydrogen-bond acceptors (Lipinski definition) is 26. The van der Waals surface area contributed by atoms with Gasteiger partial charge in [0, 0.05) is 36.8 Å². The van der Waals surface area contributed by atoms with E-state index in [4.69, 9.17) is 10.3 Å². The first-order chi connectivity index (χ1) is 32.6. The van der Waals surface area contributed by atoms with Gasteiger partial charge in [-0.1, -0.05) is 24.3 Å². The first-order valence-electron chi connectivity index (χ1n) is 19.2. The van der Waals surface area contributed by atoms with E-state index in [0.717, 1.165) is 46.2 Å². The van der Waals surface area contributed by atoms with Crippen LogP contribution in [0.15, 0.2) is 105 Å². The number of benzene rings is 4. The molecule has 6 rings (SSSR count). The Kier molecular flexibility index (Phi) is 24.5. The van der Waals surface area contributed by atoms with E-state index in [1.165, 1.54) is 74.8 Å². The fraction of sp³-hybridized carbons (Fsp3) is 0.105. The molecule has 0 spiro atoms. The summed E-state index contributed by atoms with van der Waals surface area (Å²) in [5.74, 6) is -4.50. The van der Waals surface area contributed by atoms with E-state index in [9.17, 15) is 62.6 Å². The molecule has 36 heteroatoms. The first kappa shape index (κ1) is 66.1. The Hall–Kier alpha value is -3.98. The van der Waals surface area contributed by atoms with E-state index < -0.39 is 75.1 Å². The molecule has 0 aliphatic rings. The number of primary sulfonamides is 2. The monoisotopic (exact) mass is 1130 g/mol. The number of anilines is 10. The molecule has 0 saturated heterocycles. The van der Waals surface area contributed by atoms with E-state index >= 15 is 0 Å². The zero-order valence-corrected chi connectivity index (χ0v) is 51.0. The van der Waals surface area contributed by atoms with Crippen LogP contribution >= 0.6 is 0 Å². The van der Waals surface area contributed by atoms with Gasteiger partial charge in [-0.2, -0.15) is 29.9 Å².